The predicted octanol–water partition coefficient (Wildman–Crippen LogP) is 2.78. The lowest BCUT2D eigenvalue weighted by Gasteiger charge is -2.02. The lowest BCUT2D eigenvalue weighted by atomic mass is 10.1. The number of hydrogen-bond donors (Lipinski definition) is 0. The smallest absolute Gasteiger partial charge is 0.123 e. The average molecular weight is 233 g/mol. The second kappa shape index (κ2) is 4.58. The summed E-state index contributed by atoms with van der Waals surface area (Å²) in [6, 6.07) is 4.66. The number of benzene rings is 1. The van der Waals surface area contributed by atoms with E-state index < -0.39 is 0 Å². The van der Waals surface area contributed by atoms with Crippen LogP contribution in [0.4, 0.5) is 4.39 Å². The molecule has 1 aromatic carbocycles. The highest BCUT2D eigenvalue weighted by Crippen LogP contribution is 2.18. The van der Waals surface area contributed by atoms with Crippen molar-refractivity contribution in [2.45, 2.75) is 6.42 Å². The lowest BCUT2D eigenvalue weighted by molar-refractivity contribution is 0.202. The predicted molar refractivity (Wildman–Crippen MR) is 49.7 cm³/mol. The van der Waals surface area contributed by atoms with Gasteiger partial charge < -0.3 is 4.74 Å². The summed E-state index contributed by atoms with van der Waals surface area (Å²) < 4.78 is 18.5. The molecule has 66 valence electrons. The van der Waals surface area contributed by atoms with Crippen LogP contribution in [0.5, 0.6) is 0 Å². The van der Waals surface area contributed by atoms with Crippen molar-refractivity contribution in [1.29, 1.82) is 0 Å². The molecule has 0 saturated heterocycles. The minimum absolute atomic E-state index is 0.204. The van der Waals surface area contributed by atoms with Crippen molar-refractivity contribution in [1.82, 2.24) is 0 Å². The molecule has 0 amide bonds. The number of ether oxygens (including phenoxy) is 1. The molecule has 0 heterocycles. The lowest BCUT2D eigenvalue weighted by Crippen LogP contribution is -1.95. The van der Waals surface area contributed by atoms with E-state index in [1.54, 1.807) is 13.2 Å². The SMILES string of the molecule is COCCc1cc(F)ccc1Br. The van der Waals surface area contributed by atoms with Crippen LogP contribution >= 0.6 is 15.9 Å². The zero-order chi connectivity index (χ0) is 8.97. The Morgan fingerprint density at radius 3 is 2.92 bits per heavy atom. The molecule has 1 nitrogen and oxygen atoms in total. The summed E-state index contributed by atoms with van der Waals surface area (Å²) in [7, 11) is 1.63. The van der Waals surface area contributed by atoms with Gasteiger partial charge in [-0.2, -0.15) is 0 Å². The Kier molecular flexibility index (Phi) is 3.69. The van der Waals surface area contributed by atoms with E-state index in [0.29, 0.717) is 6.61 Å². The number of rotatable bonds is 3. The van der Waals surface area contributed by atoms with Gasteiger partial charge in [-0.25, -0.2) is 4.39 Å². The van der Waals surface area contributed by atoms with Crippen LogP contribution < -0.4 is 0 Å². The summed E-state index contributed by atoms with van der Waals surface area (Å²) in [5.74, 6) is -0.204. The molecule has 0 unspecified atom stereocenters. The van der Waals surface area contributed by atoms with E-state index in [1.165, 1.54) is 12.1 Å². The second-order valence-electron chi connectivity index (χ2n) is 2.48. The fourth-order valence-corrected chi connectivity index (χ4v) is 1.39. The molecule has 1 aromatic rings. The molecule has 0 radical (unpaired) electrons. The highest BCUT2D eigenvalue weighted by atomic mass is 79.9. The van der Waals surface area contributed by atoms with Crippen LogP contribution in [-0.4, -0.2) is 13.7 Å². The molecule has 0 aliphatic carbocycles. The third kappa shape index (κ3) is 2.57. The zero-order valence-corrected chi connectivity index (χ0v) is 8.40. The third-order valence-corrected chi connectivity index (χ3v) is 2.36. The Labute approximate surface area is 79.7 Å². The normalized spacial score (nSPS) is 10.2. The van der Waals surface area contributed by atoms with Crippen LogP contribution in [0.3, 0.4) is 0 Å². The van der Waals surface area contributed by atoms with Crippen LogP contribution in [0.15, 0.2) is 22.7 Å². The average Bonchev–Trinajstić information content (AvgIpc) is 2.07. The monoisotopic (exact) mass is 232 g/mol. The summed E-state index contributed by atoms with van der Waals surface area (Å²) in [6.07, 6.45) is 0.731. The molecule has 3 heteroatoms. The molecule has 12 heavy (non-hydrogen) atoms. The van der Waals surface area contributed by atoms with E-state index in [0.717, 1.165) is 16.5 Å². The first-order chi connectivity index (χ1) is 5.74. The molecule has 0 aliphatic rings. The Hall–Kier alpha value is -0.410. The van der Waals surface area contributed by atoms with Gasteiger partial charge in [-0.3, -0.25) is 0 Å². The van der Waals surface area contributed by atoms with E-state index in [4.69, 9.17) is 4.74 Å². The van der Waals surface area contributed by atoms with Crippen molar-refractivity contribution < 1.29 is 9.13 Å². The standard InChI is InChI=1S/C9H10BrFO/c1-12-5-4-7-6-8(11)2-3-9(7)10/h2-3,6H,4-5H2,1H3. The van der Waals surface area contributed by atoms with Crippen LogP contribution in [0.2, 0.25) is 0 Å². The fraction of sp³-hybridized carbons (Fsp3) is 0.333. The van der Waals surface area contributed by atoms with Crippen LogP contribution in [0.25, 0.3) is 0 Å². The van der Waals surface area contributed by atoms with Crippen molar-refractivity contribution in [3.63, 3.8) is 0 Å². The van der Waals surface area contributed by atoms with Crippen LogP contribution in [0.1, 0.15) is 5.56 Å². The topological polar surface area (TPSA) is 9.23 Å². The van der Waals surface area contributed by atoms with Crippen molar-refractivity contribution >= 4 is 15.9 Å². The fourth-order valence-electron chi connectivity index (χ4n) is 0.947. The first-order valence-corrected chi connectivity index (χ1v) is 4.46. The van der Waals surface area contributed by atoms with Gasteiger partial charge in [-0.15, -0.1) is 0 Å². The molecule has 0 bridgehead atoms. The molecule has 0 fully saturated rings. The minimum atomic E-state index is -0.204. The summed E-state index contributed by atoms with van der Waals surface area (Å²) in [4.78, 5) is 0. The van der Waals surface area contributed by atoms with Crippen LogP contribution in [0, 0.1) is 5.82 Å². The quantitative estimate of drug-likeness (QED) is 0.779. The number of halogens is 2. The zero-order valence-electron chi connectivity index (χ0n) is 6.81. The van der Waals surface area contributed by atoms with Gasteiger partial charge in [0.25, 0.3) is 0 Å². The second-order valence-corrected chi connectivity index (χ2v) is 3.33. The van der Waals surface area contributed by atoms with E-state index >= 15 is 0 Å². The Morgan fingerprint density at radius 2 is 2.25 bits per heavy atom. The first-order valence-electron chi connectivity index (χ1n) is 3.67. The number of hydrogen-bond acceptors (Lipinski definition) is 1. The van der Waals surface area contributed by atoms with Gasteiger partial charge in [0.2, 0.25) is 0 Å². The molecular formula is C9H10BrFO. The first kappa shape index (κ1) is 9.68. The molecule has 0 spiro atoms. The van der Waals surface area contributed by atoms with E-state index in [2.05, 4.69) is 15.9 Å². The maximum Gasteiger partial charge on any atom is 0.123 e. The van der Waals surface area contributed by atoms with E-state index in [-0.39, 0.29) is 5.82 Å². The molecule has 1 rings (SSSR count). The highest BCUT2D eigenvalue weighted by Gasteiger charge is 2.00. The van der Waals surface area contributed by atoms with Gasteiger partial charge in [0, 0.05) is 11.6 Å². The van der Waals surface area contributed by atoms with Gasteiger partial charge in [-0.05, 0) is 30.2 Å². The summed E-state index contributed by atoms with van der Waals surface area (Å²) >= 11 is 3.34. The van der Waals surface area contributed by atoms with Crippen molar-refractivity contribution in [3.8, 4) is 0 Å². The summed E-state index contributed by atoms with van der Waals surface area (Å²) in [5, 5.41) is 0. The van der Waals surface area contributed by atoms with Gasteiger partial charge in [-0.1, -0.05) is 15.9 Å². The Morgan fingerprint density at radius 1 is 1.50 bits per heavy atom. The van der Waals surface area contributed by atoms with Gasteiger partial charge in [0.05, 0.1) is 6.61 Å². The van der Waals surface area contributed by atoms with Crippen molar-refractivity contribution in [3.05, 3.63) is 34.1 Å². The maximum atomic E-state index is 12.7. The van der Waals surface area contributed by atoms with Crippen molar-refractivity contribution in [2.24, 2.45) is 0 Å². The van der Waals surface area contributed by atoms with Gasteiger partial charge in [0.15, 0.2) is 0 Å². The van der Waals surface area contributed by atoms with Crippen molar-refractivity contribution in [2.75, 3.05) is 13.7 Å². The van der Waals surface area contributed by atoms with Gasteiger partial charge in [0.1, 0.15) is 5.82 Å². The Balaban J connectivity index is 2.75. The summed E-state index contributed by atoms with van der Waals surface area (Å²) in [5.41, 5.74) is 0.942. The molecular weight excluding hydrogens is 223 g/mol. The molecule has 0 saturated carbocycles. The maximum absolute atomic E-state index is 12.7. The minimum Gasteiger partial charge on any atom is -0.384 e. The number of methoxy groups -OCH3 is 1. The van der Waals surface area contributed by atoms with Crippen LogP contribution in [-0.2, 0) is 11.2 Å². The molecule has 0 atom stereocenters. The third-order valence-electron chi connectivity index (χ3n) is 1.58. The van der Waals surface area contributed by atoms with E-state index in [9.17, 15) is 4.39 Å². The van der Waals surface area contributed by atoms with Gasteiger partial charge >= 0.3 is 0 Å². The summed E-state index contributed by atoms with van der Waals surface area (Å²) in [6.45, 7) is 0.613. The van der Waals surface area contributed by atoms with E-state index in [1.807, 2.05) is 0 Å². The highest BCUT2D eigenvalue weighted by molar-refractivity contribution is 9.10. The molecule has 0 aromatic heterocycles. The largest absolute Gasteiger partial charge is 0.384 e. The molecule has 0 N–H and O–H groups in total. The Bertz CT molecular complexity index is 263. The molecule has 0 aliphatic heterocycles.